The van der Waals surface area contributed by atoms with E-state index < -0.39 is 0 Å². The van der Waals surface area contributed by atoms with Crippen LogP contribution in [0.15, 0.2) is 34.9 Å². The van der Waals surface area contributed by atoms with Crippen molar-refractivity contribution in [3.63, 3.8) is 0 Å². The van der Waals surface area contributed by atoms with Crippen LogP contribution in [0.3, 0.4) is 0 Å². The first-order valence-electron chi connectivity index (χ1n) is 5.45. The highest BCUT2D eigenvalue weighted by Gasteiger charge is 2.05. The van der Waals surface area contributed by atoms with Gasteiger partial charge in [-0.15, -0.1) is 0 Å². The Morgan fingerprint density at radius 2 is 1.94 bits per heavy atom. The molecule has 0 saturated heterocycles. The molecule has 1 aromatic heterocycles. The highest BCUT2D eigenvalue weighted by molar-refractivity contribution is 5.58. The molecule has 16 heavy (non-hydrogen) atoms. The van der Waals surface area contributed by atoms with E-state index in [1.54, 1.807) is 6.26 Å². The zero-order valence-corrected chi connectivity index (χ0v) is 9.60. The summed E-state index contributed by atoms with van der Waals surface area (Å²) in [6, 6.07) is 8.37. The first kappa shape index (κ1) is 10.9. The topological polar surface area (TPSA) is 52.0 Å². The van der Waals surface area contributed by atoms with Crippen molar-refractivity contribution in [1.82, 2.24) is 4.98 Å². The second-order valence-electron chi connectivity index (χ2n) is 4.11. The van der Waals surface area contributed by atoms with Gasteiger partial charge in [0.1, 0.15) is 12.0 Å². The molecule has 1 aromatic carbocycles. The quantitative estimate of drug-likeness (QED) is 0.858. The summed E-state index contributed by atoms with van der Waals surface area (Å²) in [7, 11) is 0. The number of aromatic nitrogens is 1. The van der Waals surface area contributed by atoms with E-state index in [-0.39, 0.29) is 0 Å². The van der Waals surface area contributed by atoms with Gasteiger partial charge in [0, 0.05) is 5.56 Å². The lowest BCUT2D eigenvalue weighted by atomic mass is 10.0. The maximum atomic E-state index is 5.45. The summed E-state index contributed by atoms with van der Waals surface area (Å²) in [5.74, 6) is 1.12. The monoisotopic (exact) mass is 216 g/mol. The fourth-order valence-electron chi connectivity index (χ4n) is 1.58. The summed E-state index contributed by atoms with van der Waals surface area (Å²) >= 11 is 0. The molecular weight excluding hydrogens is 200 g/mol. The van der Waals surface area contributed by atoms with Gasteiger partial charge in [-0.05, 0) is 11.5 Å². The third kappa shape index (κ3) is 2.14. The molecule has 3 heteroatoms. The molecule has 0 aliphatic carbocycles. The minimum Gasteiger partial charge on any atom is -0.447 e. The van der Waals surface area contributed by atoms with Gasteiger partial charge in [-0.25, -0.2) is 4.98 Å². The maximum absolute atomic E-state index is 5.45. The fraction of sp³-hybridized carbons (Fsp3) is 0.308. The summed E-state index contributed by atoms with van der Waals surface area (Å²) in [5, 5.41) is 0. The predicted molar refractivity (Wildman–Crippen MR) is 63.9 cm³/mol. The largest absolute Gasteiger partial charge is 0.447 e. The van der Waals surface area contributed by atoms with Gasteiger partial charge < -0.3 is 10.2 Å². The first-order chi connectivity index (χ1) is 7.70. The Morgan fingerprint density at radius 3 is 2.44 bits per heavy atom. The zero-order valence-electron chi connectivity index (χ0n) is 9.60. The molecule has 0 atom stereocenters. The van der Waals surface area contributed by atoms with Crippen LogP contribution >= 0.6 is 0 Å². The molecule has 3 nitrogen and oxygen atoms in total. The summed E-state index contributed by atoms with van der Waals surface area (Å²) in [6.45, 7) is 4.69. The molecule has 0 radical (unpaired) electrons. The molecule has 1 heterocycles. The molecular formula is C13H16N2O. The van der Waals surface area contributed by atoms with E-state index >= 15 is 0 Å². The van der Waals surface area contributed by atoms with Gasteiger partial charge in [0.05, 0.1) is 6.54 Å². The Balaban J connectivity index is 2.27. The van der Waals surface area contributed by atoms with Crippen LogP contribution < -0.4 is 5.73 Å². The SMILES string of the molecule is CC(C)c1ccc(-c2coc(CN)n2)cc1. The smallest absolute Gasteiger partial charge is 0.208 e. The van der Waals surface area contributed by atoms with Gasteiger partial charge in [-0.2, -0.15) is 0 Å². The Bertz CT molecular complexity index is 457. The molecule has 0 aliphatic rings. The average molecular weight is 216 g/mol. The summed E-state index contributed by atoms with van der Waals surface area (Å²) in [5.41, 5.74) is 8.68. The van der Waals surface area contributed by atoms with Crippen molar-refractivity contribution in [2.45, 2.75) is 26.3 Å². The van der Waals surface area contributed by atoms with Gasteiger partial charge >= 0.3 is 0 Å². The van der Waals surface area contributed by atoms with E-state index in [4.69, 9.17) is 10.2 Å². The normalized spacial score (nSPS) is 11.0. The predicted octanol–water partition coefficient (Wildman–Crippen LogP) is 2.92. The van der Waals surface area contributed by atoms with Gasteiger partial charge in [0.25, 0.3) is 0 Å². The molecule has 2 aromatic rings. The Hall–Kier alpha value is -1.61. The van der Waals surface area contributed by atoms with Crippen molar-refractivity contribution in [2.24, 2.45) is 5.73 Å². The Kier molecular flexibility index (Phi) is 3.06. The lowest BCUT2D eigenvalue weighted by molar-refractivity contribution is 0.498. The van der Waals surface area contributed by atoms with Crippen molar-refractivity contribution in [1.29, 1.82) is 0 Å². The first-order valence-corrected chi connectivity index (χ1v) is 5.45. The maximum Gasteiger partial charge on any atom is 0.208 e. The number of nitrogens with zero attached hydrogens (tertiary/aromatic N) is 1. The molecule has 84 valence electrons. The summed E-state index contributed by atoms with van der Waals surface area (Å²) in [6.07, 6.45) is 1.65. The zero-order chi connectivity index (χ0) is 11.5. The van der Waals surface area contributed by atoms with Gasteiger partial charge in [-0.1, -0.05) is 38.1 Å². The van der Waals surface area contributed by atoms with E-state index in [9.17, 15) is 0 Å². The number of rotatable bonds is 3. The summed E-state index contributed by atoms with van der Waals surface area (Å²) < 4.78 is 5.21. The average Bonchev–Trinajstić information content (AvgIpc) is 2.77. The Morgan fingerprint density at radius 1 is 1.25 bits per heavy atom. The molecule has 0 amide bonds. The van der Waals surface area contributed by atoms with Crippen LogP contribution in [0.25, 0.3) is 11.3 Å². The van der Waals surface area contributed by atoms with E-state index in [1.165, 1.54) is 5.56 Å². The molecule has 0 unspecified atom stereocenters. The van der Waals surface area contributed by atoms with Crippen LogP contribution in [0.1, 0.15) is 31.2 Å². The molecule has 2 rings (SSSR count). The third-order valence-corrected chi connectivity index (χ3v) is 2.60. The molecule has 0 bridgehead atoms. The van der Waals surface area contributed by atoms with Crippen LogP contribution in [-0.4, -0.2) is 4.98 Å². The molecule has 2 N–H and O–H groups in total. The highest BCUT2D eigenvalue weighted by Crippen LogP contribution is 2.21. The molecule has 0 aliphatic heterocycles. The van der Waals surface area contributed by atoms with Gasteiger partial charge in [0.15, 0.2) is 0 Å². The number of benzene rings is 1. The van der Waals surface area contributed by atoms with Gasteiger partial charge in [-0.3, -0.25) is 0 Å². The van der Waals surface area contributed by atoms with Crippen molar-refractivity contribution in [3.05, 3.63) is 42.0 Å². The minimum absolute atomic E-state index is 0.337. The van der Waals surface area contributed by atoms with Crippen LogP contribution in [0.5, 0.6) is 0 Å². The lowest BCUT2D eigenvalue weighted by Gasteiger charge is -2.04. The number of nitrogens with two attached hydrogens (primary N) is 1. The molecule has 0 spiro atoms. The van der Waals surface area contributed by atoms with Crippen LogP contribution in [0.2, 0.25) is 0 Å². The molecule has 0 saturated carbocycles. The van der Waals surface area contributed by atoms with E-state index in [1.807, 2.05) is 0 Å². The third-order valence-electron chi connectivity index (χ3n) is 2.60. The second-order valence-corrected chi connectivity index (χ2v) is 4.11. The van der Waals surface area contributed by atoms with Crippen LogP contribution in [0, 0.1) is 0 Å². The minimum atomic E-state index is 0.337. The van der Waals surface area contributed by atoms with E-state index in [0.717, 1.165) is 11.3 Å². The van der Waals surface area contributed by atoms with Gasteiger partial charge in [0.2, 0.25) is 5.89 Å². The lowest BCUT2D eigenvalue weighted by Crippen LogP contribution is -1.95. The van der Waals surface area contributed by atoms with Crippen LogP contribution in [-0.2, 0) is 6.54 Å². The van der Waals surface area contributed by atoms with E-state index in [0.29, 0.717) is 18.4 Å². The van der Waals surface area contributed by atoms with Crippen molar-refractivity contribution in [2.75, 3.05) is 0 Å². The number of hydrogen-bond acceptors (Lipinski definition) is 3. The Labute approximate surface area is 95.3 Å². The summed E-state index contributed by atoms with van der Waals surface area (Å²) in [4.78, 5) is 4.28. The van der Waals surface area contributed by atoms with Crippen molar-refractivity contribution >= 4 is 0 Å². The highest BCUT2D eigenvalue weighted by atomic mass is 16.3. The standard InChI is InChI=1S/C13H16N2O/c1-9(2)10-3-5-11(6-4-10)12-8-16-13(7-14)15-12/h3-6,8-9H,7,14H2,1-2H3. The fourth-order valence-corrected chi connectivity index (χ4v) is 1.58. The molecule has 0 fully saturated rings. The van der Waals surface area contributed by atoms with Crippen LogP contribution in [0.4, 0.5) is 0 Å². The van der Waals surface area contributed by atoms with E-state index in [2.05, 4.69) is 43.1 Å². The second kappa shape index (κ2) is 4.49. The number of hydrogen-bond donors (Lipinski definition) is 1. The number of oxazole rings is 1. The van der Waals surface area contributed by atoms with Crippen molar-refractivity contribution < 1.29 is 4.42 Å². The van der Waals surface area contributed by atoms with Crippen molar-refractivity contribution in [3.8, 4) is 11.3 Å².